The van der Waals surface area contributed by atoms with Crippen LogP contribution in [0.2, 0.25) is 0 Å². The second-order valence-electron chi connectivity index (χ2n) is 4.45. The van der Waals surface area contributed by atoms with Gasteiger partial charge in [0, 0.05) is 25.7 Å². The van der Waals surface area contributed by atoms with Gasteiger partial charge in [-0.05, 0) is 0 Å². The van der Waals surface area contributed by atoms with Crippen molar-refractivity contribution in [3.05, 3.63) is 0 Å². The van der Waals surface area contributed by atoms with E-state index < -0.39 is 23.8 Å². The molecule has 0 aromatic heterocycles. The minimum Gasteiger partial charge on any atom is -0.465 e. The van der Waals surface area contributed by atoms with E-state index >= 15 is 0 Å². The zero-order valence-corrected chi connectivity index (χ0v) is 9.85. The average molecular weight is 254 g/mol. The molecule has 2 atom stereocenters. The van der Waals surface area contributed by atoms with Gasteiger partial charge in [0.25, 0.3) is 0 Å². The Morgan fingerprint density at radius 1 is 0.889 bits per heavy atom. The molecular formula is C12H14O6. The van der Waals surface area contributed by atoms with Crippen LogP contribution in [0.4, 0.5) is 0 Å². The van der Waals surface area contributed by atoms with Gasteiger partial charge in [0.2, 0.25) is 0 Å². The molecule has 0 aromatic rings. The van der Waals surface area contributed by atoms with Crippen molar-refractivity contribution in [3.8, 4) is 0 Å². The van der Waals surface area contributed by atoms with Crippen LogP contribution in [0.5, 0.6) is 0 Å². The van der Waals surface area contributed by atoms with E-state index in [9.17, 15) is 19.2 Å². The second kappa shape index (κ2) is 5.29. The van der Waals surface area contributed by atoms with E-state index in [0.717, 1.165) is 0 Å². The third-order valence-electron chi connectivity index (χ3n) is 3.27. The molecule has 98 valence electrons. The van der Waals surface area contributed by atoms with Crippen molar-refractivity contribution in [2.24, 2.45) is 11.8 Å². The topological polar surface area (TPSA) is 86.7 Å². The maximum atomic E-state index is 11.7. The van der Waals surface area contributed by atoms with E-state index in [-0.39, 0.29) is 37.6 Å². The number of cyclic esters (lactones) is 2. The maximum absolute atomic E-state index is 11.7. The summed E-state index contributed by atoms with van der Waals surface area (Å²) in [5.74, 6) is -3.03. The normalized spacial score (nSPS) is 26.9. The van der Waals surface area contributed by atoms with Gasteiger partial charge in [0.05, 0.1) is 13.2 Å². The molecule has 2 rings (SSSR count). The van der Waals surface area contributed by atoms with Crippen molar-refractivity contribution in [1.29, 1.82) is 0 Å². The number of carbonyl (C=O) groups is 4. The van der Waals surface area contributed by atoms with Crippen LogP contribution in [0.25, 0.3) is 0 Å². The standard InChI is InChI=1S/C12H14O6/c13-9(7-3-5-17-11(7)15)1-2-10(14)8-4-6-18-12(8)16/h7-8H,1-6H2. The van der Waals surface area contributed by atoms with Gasteiger partial charge in [0.15, 0.2) is 0 Å². The van der Waals surface area contributed by atoms with Crippen LogP contribution in [0, 0.1) is 11.8 Å². The summed E-state index contributed by atoms with van der Waals surface area (Å²) in [5.41, 5.74) is 0. The smallest absolute Gasteiger partial charge is 0.316 e. The minimum absolute atomic E-state index is 0.0115. The Hall–Kier alpha value is -1.72. The molecule has 0 spiro atoms. The van der Waals surface area contributed by atoms with Gasteiger partial charge < -0.3 is 9.47 Å². The summed E-state index contributed by atoms with van der Waals surface area (Å²) >= 11 is 0. The van der Waals surface area contributed by atoms with Crippen LogP contribution in [0.1, 0.15) is 25.7 Å². The van der Waals surface area contributed by atoms with E-state index in [1.807, 2.05) is 0 Å². The van der Waals surface area contributed by atoms with Gasteiger partial charge in [-0.25, -0.2) is 0 Å². The van der Waals surface area contributed by atoms with Gasteiger partial charge >= 0.3 is 11.9 Å². The lowest BCUT2D eigenvalue weighted by atomic mass is 9.94. The highest BCUT2D eigenvalue weighted by molar-refractivity contribution is 6.04. The molecule has 0 saturated carbocycles. The molecule has 0 radical (unpaired) electrons. The van der Waals surface area contributed by atoms with Crippen LogP contribution >= 0.6 is 0 Å². The maximum Gasteiger partial charge on any atom is 0.316 e. The van der Waals surface area contributed by atoms with Gasteiger partial charge in [-0.2, -0.15) is 0 Å². The summed E-state index contributed by atoms with van der Waals surface area (Å²) in [5, 5.41) is 0. The summed E-state index contributed by atoms with van der Waals surface area (Å²) in [6, 6.07) is 0. The second-order valence-corrected chi connectivity index (χ2v) is 4.45. The SMILES string of the molecule is O=C(CCC(=O)C1CCOC1=O)C1CCOC1=O. The third-order valence-corrected chi connectivity index (χ3v) is 3.27. The molecule has 0 N–H and O–H groups in total. The number of carbonyl (C=O) groups excluding carboxylic acids is 4. The molecule has 0 bridgehead atoms. The quantitative estimate of drug-likeness (QED) is 0.508. The summed E-state index contributed by atoms with van der Waals surface area (Å²) in [7, 11) is 0. The number of ether oxygens (including phenoxy) is 2. The Morgan fingerprint density at radius 3 is 1.56 bits per heavy atom. The molecule has 0 amide bonds. The molecule has 2 heterocycles. The number of esters is 2. The third kappa shape index (κ3) is 2.57. The first-order valence-corrected chi connectivity index (χ1v) is 5.98. The van der Waals surface area contributed by atoms with Crippen molar-refractivity contribution in [2.45, 2.75) is 25.7 Å². The first kappa shape index (κ1) is 12.7. The highest BCUT2D eigenvalue weighted by Crippen LogP contribution is 2.21. The Bertz CT molecular complexity index is 361. The number of Topliss-reactive ketones (excluding diaryl/α,β-unsaturated/α-hetero) is 2. The summed E-state index contributed by atoms with van der Waals surface area (Å²) in [4.78, 5) is 45.7. The first-order chi connectivity index (χ1) is 8.59. The fourth-order valence-corrected chi connectivity index (χ4v) is 2.17. The fraction of sp³-hybridized carbons (Fsp3) is 0.667. The number of ketones is 2. The van der Waals surface area contributed by atoms with Crippen LogP contribution < -0.4 is 0 Å². The lowest BCUT2D eigenvalue weighted by molar-refractivity contribution is -0.147. The zero-order valence-electron chi connectivity index (χ0n) is 9.85. The molecule has 6 nitrogen and oxygen atoms in total. The molecule has 2 saturated heterocycles. The van der Waals surface area contributed by atoms with E-state index in [4.69, 9.17) is 9.47 Å². The lowest BCUT2D eigenvalue weighted by Gasteiger charge is -2.06. The Balaban J connectivity index is 1.80. The summed E-state index contributed by atoms with van der Waals surface area (Å²) in [6.07, 6.45) is 0.749. The van der Waals surface area contributed by atoms with Gasteiger partial charge in [-0.15, -0.1) is 0 Å². The monoisotopic (exact) mass is 254 g/mol. The number of rotatable bonds is 5. The van der Waals surface area contributed by atoms with E-state index in [1.165, 1.54) is 0 Å². The van der Waals surface area contributed by atoms with Gasteiger partial charge in [-0.3, -0.25) is 19.2 Å². The summed E-state index contributed by atoms with van der Waals surface area (Å²) < 4.78 is 9.38. The molecular weight excluding hydrogens is 240 g/mol. The van der Waals surface area contributed by atoms with Crippen molar-refractivity contribution >= 4 is 23.5 Å². The Labute approximate surface area is 104 Å². The van der Waals surface area contributed by atoms with Crippen LogP contribution in [0.15, 0.2) is 0 Å². The van der Waals surface area contributed by atoms with Crippen molar-refractivity contribution in [3.63, 3.8) is 0 Å². The van der Waals surface area contributed by atoms with E-state index in [2.05, 4.69) is 0 Å². The van der Waals surface area contributed by atoms with E-state index in [1.54, 1.807) is 0 Å². The first-order valence-electron chi connectivity index (χ1n) is 5.98. The highest BCUT2D eigenvalue weighted by atomic mass is 16.5. The zero-order chi connectivity index (χ0) is 13.1. The van der Waals surface area contributed by atoms with Crippen LogP contribution in [-0.4, -0.2) is 36.7 Å². The molecule has 2 aliphatic rings. The molecule has 6 heteroatoms. The van der Waals surface area contributed by atoms with Gasteiger partial charge in [-0.1, -0.05) is 0 Å². The molecule has 2 unspecified atom stereocenters. The molecule has 2 fully saturated rings. The molecule has 18 heavy (non-hydrogen) atoms. The predicted octanol–water partition coefficient (Wildman–Crippen LogP) is 0.0310. The largest absolute Gasteiger partial charge is 0.465 e. The fourth-order valence-electron chi connectivity index (χ4n) is 2.17. The molecule has 0 aliphatic carbocycles. The minimum atomic E-state index is -0.728. The Kier molecular flexibility index (Phi) is 3.74. The van der Waals surface area contributed by atoms with Crippen molar-refractivity contribution < 1.29 is 28.7 Å². The molecule has 2 aliphatic heterocycles. The Morgan fingerprint density at radius 2 is 1.28 bits per heavy atom. The number of hydrogen-bond acceptors (Lipinski definition) is 6. The van der Waals surface area contributed by atoms with Gasteiger partial charge in [0.1, 0.15) is 23.4 Å². The van der Waals surface area contributed by atoms with Crippen molar-refractivity contribution in [1.82, 2.24) is 0 Å². The summed E-state index contributed by atoms with van der Waals surface area (Å²) in [6.45, 7) is 0.524. The van der Waals surface area contributed by atoms with Crippen molar-refractivity contribution in [2.75, 3.05) is 13.2 Å². The van der Waals surface area contributed by atoms with E-state index in [0.29, 0.717) is 12.8 Å². The molecule has 0 aromatic carbocycles. The highest BCUT2D eigenvalue weighted by Gasteiger charge is 2.35. The average Bonchev–Trinajstić information content (AvgIpc) is 2.94. The number of hydrogen-bond donors (Lipinski definition) is 0. The lowest BCUT2D eigenvalue weighted by Crippen LogP contribution is -2.23. The van der Waals surface area contributed by atoms with Crippen LogP contribution in [-0.2, 0) is 28.7 Å². The predicted molar refractivity (Wildman–Crippen MR) is 57.4 cm³/mol. The van der Waals surface area contributed by atoms with Crippen LogP contribution in [0.3, 0.4) is 0 Å².